The molecule has 0 spiro atoms. The molecule has 0 unspecified atom stereocenters. The molecule has 1 fully saturated rings. The van der Waals surface area contributed by atoms with Gasteiger partial charge in [0.15, 0.2) is 5.96 Å². The van der Waals surface area contributed by atoms with Crippen LogP contribution in [0.25, 0.3) is 0 Å². The molecule has 156 valence electrons. The summed E-state index contributed by atoms with van der Waals surface area (Å²) in [5.74, 6) is 4.22. The number of guanidine groups is 1. The van der Waals surface area contributed by atoms with Crippen LogP contribution in [0, 0.1) is 12.3 Å². The van der Waals surface area contributed by atoms with Crippen LogP contribution < -0.4 is 10.1 Å². The summed E-state index contributed by atoms with van der Waals surface area (Å²) in [5, 5.41) is 7.46. The van der Waals surface area contributed by atoms with E-state index in [1.54, 1.807) is 6.26 Å². The van der Waals surface area contributed by atoms with Crippen molar-refractivity contribution in [2.45, 2.75) is 13.0 Å². The molecule has 0 aliphatic carbocycles. The summed E-state index contributed by atoms with van der Waals surface area (Å²) in [5.41, 5.74) is 2.22. The lowest BCUT2D eigenvalue weighted by molar-refractivity contribution is 0.169. The molecule has 0 atom stereocenters. The zero-order valence-corrected chi connectivity index (χ0v) is 19.0. The molecule has 7 nitrogen and oxygen atoms in total. The van der Waals surface area contributed by atoms with E-state index >= 15 is 0 Å². The first-order chi connectivity index (χ1) is 13.8. The zero-order valence-electron chi connectivity index (χ0n) is 16.7. The van der Waals surface area contributed by atoms with Crippen LogP contribution in [0.5, 0.6) is 5.75 Å². The van der Waals surface area contributed by atoms with Gasteiger partial charge in [0.05, 0.1) is 5.69 Å². The molecule has 8 heteroatoms. The summed E-state index contributed by atoms with van der Waals surface area (Å²) >= 11 is 0. The number of hydrogen-bond acceptors (Lipinski definition) is 5. The molecule has 1 aromatic heterocycles. The first-order valence-electron chi connectivity index (χ1n) is 9.51. The van der Waals surface area contributed by atoms with Crippen molar-refractivity contribution in [3.63, 3.8) is 0 Å². The Labute approximate surface area is 189 Å². The highest BCUT2D eigenvalue weighted by molar-refractivity contribution is 14.0. The standard InChI is InChI=1S/C21H27N5O2.HI/c1-3-15-27-20-6-4-18(5-7-20)8-10-23-21(22-2)26-13-11-25(12-14-26)17-19-9-16-28-24-19;/h1,4-7,9,16H,8,10-15,17H2,2H3,(H,22,23);1H. The van der Waals surface area contributed by atoms with Crippen LogP contribution in [-0.2, 0) is 13.0 Å². The van der Waals surface area contributed by atoms with Gasteiger partial charge in [0.1, 0.15) is 18.6 Å². The zero-order chi connectivity index (χ0) is 19.6. The number of aromatic nitrogens is 1. The molecule has 29 heavy (non-hydrogen) atoms. The molecule has 2 heterocycles. The number of halogens is 1. The monoisotopic (exact) mass is 509 g/mol. The number of ether oxygens (including phenoxy) is 1. The largest absolute Gasteiger partial charge is 0.481 e. The van der Waals surface area contributed by atoms with Crippen molar-refractivity contribution in [2.75, 3.05) is 46.4 Å². The lowest BCUT2D eigenvalue weighted by atomic mass is 10.1. The Morgan fingerprint density at radius 1 is 1.24 bits per heavy atom. The van der Waals surface area contributed by atoms with E-state index < -0.39 is 0 Å². The minimum Gasteiger partial charge on any atom is -0.481 e. The molecule has 2 aromatic rings. The Bertz CT molecular complexity index is 778. The van der Waals surface area contributed by atoms with E-state index in [1.807, 2.05) is 25.2 Å². The summed E-state index contributed by atoms with van der Waals surface area (Å²) in [7, 11) is 1.84. The smallest absolute Gasteiger partial charge is 0.193 e. The molecule has 1 aliphatic heterocycles. The SMILES string of the molecule is C#CCOc1ccc(CCNC(=NC)N2CCN(Cc3ccon3)CC2)cc1.I. The fraction of sp³-hybridized carbons (Fsp3) is 0.429. The van der Waals surface area contributed by atoms with E-state index in [0.29, 0.717) is 6.61 Å². The Morgan fingerprint density at radius 2 is 2.00 bits per heavy atom. The number of benzene rings is 1. The molecule has 0 saturated carbocycles. The molecule has 1 aromatic carbocycles. The Hall–Kier alpha value is -2.25. The van der Waals surface area contributed by atoms with Crippen molar-refractivity contribution >= 4 is 29.9 Å². The summed E-state index contributed by atoms with van der Waals surface area (Å²) in [6, 6.07) is 9.96. The number of terminal acetylenes is 1. The van der Waals surface area contributed by atoms with E-state index in [1.165, 1.54) is 5.56 Å². The summed E-state index contributed by atoms with van der Waals surface area (Å²) in [6.07, 6.45) is 7.74. The lowest BCUT2D eigenvalue weighted by Gasteiger charge is -2.36. The average molecular weight is 509 g/mol. The van der Waals surface area contributed by atoms with Gasteiger partial charge in [-0.1, -0.05) is 23.2 Å². The first-order valence-corrected chi connectivity index (χ1v) is 9.51. The molecule has 1 aliphatic rings. The van der Waals surface area contributed by atoms with Gasteiger partial charge in [0.25, 0.3) is 0 Å². The van der Waals surface area contributed by atoms with Gasteiger partial charge in [0, 0.05) is 52.4 Å². The van der Waals surface area contributed by atoms with Crippen molar-refractivity contribution in [2.24, 2.45) is 4.99 Å². The minimum atomic E-state index is 0. The van der Waals surface area contributed by atoms with Gasteiger partial charge in [-0.15, -0.1) is 30.4 Å². The number of nitrogens with zero attached hydrogens (tertiary/aromatic N) is 4. The predicted octanol–water partition coefficient (Wildman–Crippen LogP) is 2.24. The topological polar surface area (TPSA) is 66.1 Å². The number of rotatable bonds is 7. The second-order valence-electron chi connectivity index (χ2n) is 6.61. The average Bonchev–Trinajstić information content (AvgIpc) is 3.24. The highest BCUT2D eigenvalue weighted by Gasteiger charge is 2.20. The summed E-state index contributed by atoms with van der Waals surface area (Å²) in [6.45, 7) is 5.80. The number of piperazine rings is 1. The normalized spacial score (nSPS) is 14.8. The molecule has 1 N–H and O–H groups in total. The predicted molar refractivity (Wildman–Crippen MR) is 125 cm³/mol. The van der Waals surface area contributed by atoms with Gasteiger partial charge in [-0.05, 0) is 24.1 Å². The Kier molecular flexibility index (Phi) is 9.80. The number of nitrogens with one attached hydrogen (secondary N) is 1. The number of hydrogen-bond donors (Lipinski definition) is 1. The van der Waals surface area contributed by atoms with Crippen molar-refractivity contribution in [3.8, 4) is 18.1 Å². The van der Waals surface area contributed by atoms with Gasteiger partial charge in [0.2, 0.25) is 0 Å². The molecule has 1 saturated heterocycles. The maximum Gasteiger partial charge on any atom is 0.193 e. The highest BCUT2D eigenvalue weighted by Crippen LogP contribution is 2.12. The van der Waals surface area contributed by atoms with Crippen LogP contribution in [0.1, 0.15) is 11.3 Å². The van der Waals surface area contributed by atoms with Gasteiger partial charge in [-0.25, -0.2) is 0 Å². The fourth-order valence-corrected chi connectivity index (χ4v) is 3.19. The van der Waals surface area contributed by atoms with E-state index in [9.17, 15) is 0 Å². The van der Waals surface area contributed by atoms with Gasteiger partial charge in [-0.2, -0.15) is 0 Å². The van der Waals surface area contributed by atoms with E-state index in [0.717, 1.165) is 63.1 Å². The molecule has 0 radical (unpaired) electrons. The lowest BCUT2D eigenvalue weighted by Crippen LogP contribution is -2.52. The molecular weight excluding hydrogens is 481 g/mol. The third-order valence-corrected chi connectivity index (χ3v) is 4.70. The van der Waals surface area contributed by atoms with Crippen LogP contribution in [0.2, 0.25) is 0 Å². The van der Waals surface area contributed by atoms with Gasteiger partial charge >= 0.3 is 0 Å². The highest BCUT2D eigenvalue weighted by atomic mass is 127. The van der Waals surface area contributed by atoms with Crippen molar-refractivity contribution in [3.05, 3.63) is 47.9 Å². The molecule has 0 bridgehead atoms. The summed E-state index contributed by atoms with van der Waals surface area (Å²) < 4.78 is 10.3. The molecular formula is C21H28IN5O2. The summed E-state index contributed by atoms with van der Waals surface area (Å²) in [4.78, 5) is 9.12. The third kappa shape index (κ3) is 7.25. The third-order valence-electron chi connectivity index (χ3n) is 4.70. The maximum atomic E-state index is 5.40. The van der Waals surface area contributed by atoms with Crippen molar-refractivity contribution < 1.29 is 9.26 Å². The van der Waals surface area contributed by atoms with E-state index in [-0.39, 0.29) is 24.0 Å². The van der Waals surface area contributed by atoms with Crippen LogP contribution in [0.15, 0.2) is 46.1 Å². The molecule has 0 amide bonds. The van der Waals surface area contributed by atoms with Gasteiger partial charge in [-0.3, -0.25) is 9.89 Å². The van der Waals surface area contributed by atoms with Crippen LogP contribution >= 0.6 is 24.0 Å². The van der Waals surface area contributed by atoms with Crippen LogP contribution in [-0.4, -0.2) is 67.3 Å². The first kappa shape index (κ1) is 23.0. The van der Waals surface area contributed by atoms with E-state index in [2.05, 4.69) is 43.3 Å². The molecule has 3 rings (SSSR count). The van der Waals surface area contributed by atoms with Gasteiger partial charge < -0.3 is 19.5 Å². The second-order valence-corrected chi connectivity index (χ2v) is 6.61. The minimum absolute atomic E-state index is 0. The van der Waals surface area contributed by atoms with Crippen LogP contribution in [0.3, 0.4) is 0 Å². The van der Waals surface area contributed by atoms with Crippen LogP contribution in [0.4, 0.5) is 0 Å². The number of aliphatic imine (C=N–C) groups is 1. The fourth-order valence-electron chi connectivity index (χ4n) is 3.19. The Balaban J connectivity index is 0.00000300. The second kappa shape index (κ2) is 12.3. The van der Waals surface area contributed by atoms with Crippen molar-refractivity contribution in [1.29, 1.82) is 0 Å². The quantitative estimate of drug-likeness (QED) is 0.268. The van der Waals surface area contributed by atoms with E-state index in [4.69, 9.17) is 15.7 Å². The van der Waals surface area contributed by atoms with Crippen molar-refractivity contribution in [1.82, 2.24) is 20.3 Å². The Morgan fingerprint density at radius 3 is 2.62 bits per heavy atom. The maximum absolute atomic E-state index is 5.40.